The van der Waals surface area contributed by atoms with Gasteiger partial charge in [-0.1, -0.05) is 39.3 Å². The maximum absolute atomic E-state index is 11.3. The predicted octanol–water partition coefficient (Wildman–Crippen LogP) is 7.24. The monoisotopic (exact) mass is 450 g/mol. The second kappa shape index (κ2) is 10.2. The first-order valence-corrected chi connectivity index (χ1v) is 12.6. The van der Waals surface area contributed by atoms with Gasteiger partial charge in [0.05, 0.1) is 13.0 Å². The molecule has 0 aliphatic heterocycles. The number of carbonyl (C=O) groups is 1. The normalized spacial score (nSPS) is 21.4. The number of hydrogen-bond acceptors (Lipinski definition) is 3. The molecule has 178 valence electrons. The van der Waals surface area contributed by atoms with Gasteiger partial charge >= 0.3 is 5.97 Å². The van der Waals surface area contributed by atoms with Gasteiger partial charge in [-0.25, -0.2) is 0 Å². The van der Waals surface area contributed by atoms with E-state index in [2.05, 4.69) is 51.1 Å². The van der Waals surface area contributed by atoms with Crippen LogP contribution in [0.2, 0.25) is 0 Å². The maximum atomic E-state index is 11.3. The highest BCUT2D eigenvalue weighted by Gasteiger charge is 2.37. The Morgan fingerprint density at radius 2 is 1.91 bits per heavy atom. The molecule has 2 aromatic carbocycles. The SMILES string of the molecule is CCCOc1ccc(COc2ccc3c(c2)C(CC(=O)O)CCC3)cc1[C@@H]1CCCC1(C)C. The average molecular weight is 451 g/mol. The molecule has 4 rings (SSSR count). The summed E-state index contributed by atoms with van der Waals surface area (Å²) in [5.41, 5.74) is 5.16. The zero-order valence-corrected chi connectivity index (χ0v) is 20.4. The predicted molar refractivity (Wildman–Crippen MR) is 131 cm³/mol. The van der Waals surface area contributed by atoms with Gasteiger partial charge in [-0.3, -0.25) is 4.79 Å². The number of carboxylic acids is 1. The second-order valence-electron chi connectivity index (χ2n) is 10.5. The summed E-state index contributed by atoms with van der Waals surface area (Å²) in [7, 11) is 0. The lowest BCUT2D eigenvalue weighted by Crippen LogP contribution is -2.17. The second-order valence-corrected chi connectivity index (χ2v) is 10.5. The minimum Gasteiger partial charge on any atom is -0.493 e. The molecule has 0 saturated heterocycles. The van der Waals surface area contributed by atoms with E-state index in [1.54, 1.807) is 0 Å². The fraction of sp³-hybridized carbons (Fsp3) is 0.552. The zero-order chi connectivity index (χ0) is 23.4. The summed E-state index contributed by atoms with van der Waals surface area (Å²) < 4.78 is 12.3. The van der Waals surface area contributed by atoms with Crippen LogP contribution in [-0.2, 0) is 17.8 Å². The summed E-state index contributed by atoms with van der Waals surface area (Å²) in [6, 6.07) is 12.7. The number of ether oxygens (including phenoxy) is 2. The Bertz CT molecular complexity index is 978. The summed E-state index contributed by atoms with van der Waals surface area (Å²) in [6.07, 6.45) is 7.91. The van der Waals surface area contributed by atoms with E-state index in [0.717, 1.165) is 54.9 Å². The van der Waals surface area contributed by atoms with Crippen LogP contribution in [0, 0.1) is 5.41 Å². The molecule has 33 heavy (non-hydrogen) atoms. The summed E-state index contributed by atoms with van der Waals surface area (Å²) in [5.74, 6) is 1.70. The highest BCUT2D eigenvalue weighted by atomic mass is 16.5. The van der Waals surface area contributed by atoms with Gasteiger partial charge in [0.2, 0.25) is 0 Å². The molecule has 0 radical (unpaired) electrons. The first-order valence-electron chi connectivity index (χ1n) is 12.6. The van der Waals surface area contributed by atoms with Crippen LogP contribution in [0.4, 0.5) is 0 Å². The first-order chi connectivity index (χ1) is 15.9. The highest BCUT2D eigenvalue weighted by molar-refractivity contribution is 5.68. The molecule has 1 unspecified atom stereocenters. The Morgan fingerprint density at radius 3 is 2.64 bits per heavy atom. The minimum atomic E-state index is -0.730. The number of rotatable bonds is 9. The zero-order valence-electron chi connectivity index (χ0n) is 20.4. The average Bonchev–Trinajstić information content (AvgIpc) is 3.15. The molecule has 0 heterocycles. The van der Waals surface area contributed by atoms with Gasteiger partial charge in [0.15, 0.2) is 0 Å². The molecule has 0 bridgehead atoms. The van der Waals surface area contributed by atoms with Crippen molar-refractivity contribution >= 4 is 5.97 Å². The van der Waals surface area contributed by atoms with Crippen LogP contribution in [0.25, 0.3) is 0 Å². The summed E-state index contributed by atoms with van der Waals surface area (Å²) >= 11 is 0. The van der Waals surface area contributed by atoms with E-state index in [1.807, 2.05) is 6.07 Å². The van der Waals surface area contributed by atoms with Crippen LogP contribution in [-0.4, -0.2) is 17.7 Å². The van der Waals surface area contributed by atoms with Crippen LogP contribution in [0.1, 0.15) is 99.8 Å². The maximum Gasteiger partial charge on any atom is 0.303 e. The molecule has 0 spiro atoms. The van der Waals surface area contributed by atoms with Crippen LogP contribution in [0.3, 0.4) is 0 Å². The molecule has 1 saturated carbocycles. The molecule has 2 aliphatic carbocycles. The molecule has 1 fully saturated rings. The van der Waals surface area contributed by atoms with Gasteiger partial charge in [0.25, 0.3) is 0 Å². The molecule has 2 atom stereocenters. The van der Waals surface area contributed by atoms with Gasteiger partial charge in [-0.05, 0) is 102 Å². The van der Waals surface area contributed by atoms with Crippen molar-refractivity contribution in [3.63, 3.8) is 0 Å². The number of aryl methyl sites for hydroxylation is 1. The lowest BCUT2D eigenvalue weighted by Gasteiger charge is -2.29. The van der Waals surface area contributed by atoms with E-state index in [-0.39, 0.29) is 17.8 Å². The van der Waals surface area contributed by atoms with Crippen molar-refractivity contribution in [2.24, 2.45) is 5.41 Å². The number of carboxylic acid groups (broad SMARTS) is 1. The third kappa shape index (κ3) is 5.54. The Hall–Kier alpha value is -2.49. The number of aliphatic carboxylic acids is 1. The van der Waals surface area contributed by atoms with Gasteiger partial charge < -0.3 is 14.6 Å². The molecule has 4 nitrogen and oxygen atoms in total. The van der Waals surface area contributed by atoms with Crippen LogP contribution >= 0.6 is 0 Å². The topological polar surface area (TPSA) is 55.8 Å². The van der Waals surface area contributed by atoms with Gasteiger partial charge in [-0.2, -0.15) is 0 Å². The van der Waals surface area contributed by atoms with Crippen LogP contribution in [0.15, 0.2) is 36.4 Å². The molecular formula is C29H38O4. The Kier molecular flexibility index (Phi) is 7.31. The van der Waals surface area contributed by atoms with E-state index in [4.69, 9.17) is 9.47 Å². The van der Waals surface area contributed by atoms with Gasteiger partial charge in [0.1, 0.15) is 18.1 Å². The van der Waals surface area contributed by atoms with E-state index < -0.39 is 5.97 Å². The van der Waals surface area contributed by atoms with Crippen molar-refractivity contribution in [1.29, 1.82) is 0 Å². The molecule has 4 heteroatoms. The largest absolute Gasteiger partial charge is 0.493 e. The molecule has 0 aromatic heterocycles. The van der Waals surface area contributed by atoms with Gasteiger partial charge in [-0.15, -0.1) is 0 Å². The highest BCUT2D eigenvalue weighted by Crippen LogP contribution is 2.51. The quantitative estimate of drug-likeness (QED) is 0.437. The van der Waals surface area contributed by atoms with E-state index in [9.17, 15) is 9.90 Å². The van der Waals surface area contributed by atoms with E-state index in [0.29, 0.717) is 12.5 Å². The molecule has 1 N–H and O–H groups in total. The Morgan fingerprint density at radius 1 is 1.06 bits per heavy atom. The van der Waals surface area contributed by atoms with Crippen molar-refractivity contribution < 1.29 is 19.4 Å². The van der Waals surface area contributed by atoms with Crippen LogP contribution < -0.4 is 9.47 Å². The Labute approximate surface area is 198 Å². The number of hydrogen-bond donors (Lipinski definition) is 1. The Balaban J connectivity index is 1.53. The van der Waals surface area contributed by atoms with Crippen molar-refractivity contribution in [3.05, 3.63) is 58.7 Å². The van der Waals surface area contributed by atoms with E-state index >= 15 is 0 Å². The molecule has 2 aromatic rings. The van der Waals surface area contributed by atoms with Crippen molar-refractivity contribution in [1.82, 2.24) is 0 Å². The first kappa shape index (κ1) is 23.7. The van der Waals surface area contributed by atoms with E-state index in [1.165, 1.54) is 30.4 Å². The van der Waals surface area contributed by atoms with Crippen molar-refractivity contribution in [3.8, 4) is 11.5 Å². The lowest BCUT2D eigenvalue weighted by atomic mass is 9.77. The molecular weight excluding hydrogens is 412 g/mol. The molecule has 0 amide bonds. The third-order valence-electron chi connectivity index (χ3n) is 7.55. The summed E-state index contributed by atoms with van der Waals surface area (Å²) in [5, 5.41) is 9.30. The number of fused-ring (bicyclic) bond motifs is 1. The fourth-order valence-electron chi connectivity index (χ4n) is 5.76. The van der Waals surface area contributed by atoms with Gasteiger partial charge in [0, 0.05) is 0 Å². The minimum absolute atomic E-state index is 0.0843. The summed E-state index contributed by atoms with van der Waals surface area (Å²) in [4.78, 5) is 11.3. The molecule has 2 aliphatic rings. The summed E-state index contributed by atoms with van der Waals surface area (Å²) in [6.45, 7) is 8.12. The smallest absolute Gasteiger partial charge is 0.303 e. The van der Waals surface area contributed by atoms with Crippen LogP contribution in [0.5, 0.6) is 11.5 Å². The standard InChI is InChI=1S/C29H38O4/c1-4-15-32-27-13-10-20(16-25(27)26-9-6-14-29(26,2)3)19-33-23-12-11-21-7-5-8-22(17-28(30)31)24(21)18-23/h10-13,16,18,22,26H,4-9,14-15,17,19H2,1-3H3,(H,30,31)/t22?,26-/m0/s1. The van der Waals surface area contributed by atoms with Crippen molar-refractivity contribution in [2.75, 3.05) is 6.61 Å². The lowest BCUT2D eigenvalue weighted by molar-refractivity contribution is -0.137. The third-order valence-corrected chi connectivity index (χ3v) is 7.55. The van der Waals surface area contributed by atoms with Crippen molar-refractivity contribution in [2.45, 2.75) is 90.6 Å². The number of benzene rings is 2. The fourth-order valence-corrected chi connectivity index (χ4v) is 5.76.